The molecule has 0 aromatic heterocycles. The maximum absolute atomic E-state index is 13.2. The first-order valence-electron chi connectivity index (χ1n) is 5.69. The lowest BCUT2D eigenvalue weighted by molar-refractivity contribution is -0.137. The Morgan fingerprint density at radius 3 is 2.40 bits per heavy atom. The molecule has 0 atom stereocenters. The van der Waals surface area contributed by atoms with Gasteiger partial charge in [0, 0.05) is 25.7 Å². The number of benzene rings is 1. The molecular formula is C12H13Cl2FN2O3. The highest BCUT2D eigenvalue weighted by atomic mass is 35.5. The van der Waals surface area contributed by atoms with E-state index in [1.54, 1.807) is 0 Å². The van der Waals surface area contributed by atoms with E-state index < -0.39 is 17.8 Å². The van der Waals surface area contributed by atoms with E-state index in [1.807, 2.05) is 0 Å². The molecule has 0 aliphatic heterocycles. The molecular weight excluding hydrogens is 310 g/mol. The fourth-order valence-electron chi connectivity index (χ4n) is 1.42. The molecule has 0 saturated carbocycles. The van der Waals surface area contributed by atoms with Gasteiger partial charge in [0.2, 0.25) is 0 Å². The van der Waals surface area contributed by atoms with Gasteiger partial charge in [0.05, 0.1) is 10.0 Å². The Balaban J connectivity index is 2.59. The molecule has 0 heterocycles. The van der Waals surface area contributed by atoms with Crippen LogP contribution in [0.2, 0.25) is 10.0 Å². The molecule has 2 N–H and O–H groups in total. The summed E-state index contributed by atoms with van der Waals surface area (Å²) in [6.45, 7) is 0.279. The summed E-state index contributed by atoms with van der Waals surface area (Å²) in [4.78, 5) is 23.5. The van der Waals surface area contributed by atoms with Crippen molar-refractivity contribution < 1.29 is 19.1 Å². The molecule has 5 nitrogen and oxygen atoms in total. The Morgan fingerprint density at radius 1 is 1.35 bits per heavy atom. The second-order valence-corrected chi connectivity index (χ2v) is 4.92. The molecule has 0 saturated heterocycles. The highest BCUT2D eigenvalue weighted by Gasteiger charge is 2.12. The summed E-state index contributed by atoms with van der Waals surface area (Å²) < 4.78 is 13.2. The van der Waals surface area contributed by atoms with Crippen molar-refractivity contribution >= 4 is 40.9 Å². The summed E-state index contributed by atoms with van der Waals surface area (Å²) >= 11 is 11.2. The zero-order valence-electron chi connectivity index (χ0n) is 10.6. The molecule has 0 radical (unpaired) electrons. The Labute approximate surface area is 125 Å². The Bertz CT molecular complexity index is 502. The topological polar surface area (TPSA) is 69.6 Å². The van der Waals surface area contributed by atoms with Crippen LogP contribution in [0.25, 0.3) is 0 Å². The number of anilines is 1. The molecule has 0 aliphatic rings. The van der Waals surface area contributed by atoms with Gasteiger partial charge in [-0.15, -0.1) is 0 Å². The van der Waals surface area contributed by atoms with Crippen LogP contribution in [0.4, 0.5) is 14.9 Å². The van der Waals surface area contributed by atoms with Crippen LogP contribution >= 0.6 is 23.2 Å². The van der Waals surface area contributed by atoms with Gasteiger partial charge in [-0.3, -0.25) is 4.79 Å². The van der Waals surface area contributed by atoms with Crippen molar-refractivity contribution in [3.63, 3.8) is 0 Å². The number of carboxylic acids is 1. The number of urea groups is 1. The predicted octanol–water partition coefficient (Wildman–Crippen LogP) is 3.46. The van der Waals surface area contributed by atoms with Crippen molar-refractivity contribution in [2.24, 2.45) is 0 Å². The third-order valence-electron chi connectivity index (χ3n) is 2.47. The molecule has 8 heteroatoms. The standard InChI is InChI=1S/C12H13Cl2FN2O3/c1-17(4-2-3-10(18)19)12(20)16-7-5-8(13)11(15)9(14)6-7/h5-6H,2-4H2,1H3,(H,16,20)(H,18,19). The summed E-state index contributed by atoms with van der Waals surface area (Å²) in [6.07, 6.45) is 0.315. The predicted molar refractivity (Wildman–Crippen MR) is 74.9 cm³/mol. The molecule has 1 aromatic carbocycles. The van der Waals surface area contributed by atoms with Gasteiger partial charge in [-0.1, -0.05) is 23.2 Å². The number of halogens is 3. The number of hydrogen-bond acceptors (Lipinski definition) is 2. The summed E-state index contributed by atoms with van der Waals surface area (Å²) in [7, 11) is 1.52. The van der Waals surface area contributed by atoms with Crippen molar-refractivity contribution in [1.82, 2.24) is 4.90 Å². The first kappa shape index (κ1) is 16.5. The number of carboxylic acid groups (broad SMARTS) is 1. The number of carbonyl (C=O) groups is 2. The van der Waals surface area contributed by atoms with Crippen LogP contribution in [-0.4, -0.2) is 35.6 Å². The number of amides is 2. The molecule has 0 fully saturated rings. The highest BCUT2D eigenvalue weighted by Crippen LogP contribution is 2.27. The number of aliphatic carboxylic acids is 1. The van der Waals surface area contributed by atoms with E-state index in [0.29, 0.717) is 6.42 Å². The number of nitrogens with zero attached hydrogens (tertiary/aromatic N) is 1. The fourth-order valence-corrected chi connectivity index (χ4v) is 1.90. The molecule has 0 bridgehead atoms. The van der Waals surface area contributed by atoms with E-state index in [1.165, 1.54) is 24.1 Å². The average molecular weight is 323 g/mol. The van der Waals surface area contributed by atoms with Crippen molar-refractivity contribution in [2.75, 3.05) is 18.9 Å². The lowest BCUT2D eigenvalue weighted by Gasteiger charge is -2.17. The van der Waals surface area contributed by atoms with Crippen molar-refractivity contribution in [1.29, 1.82) is 0 Å². The Hall–Kier alpha value is -1.53. The van der Waals surface area contributed by atoms with Crippen LogP contribution in [0.5, 0.6) is 0 Å². The number of hydrogen-bond donors (Lipinski definition) is 2. The summed E-state index contributed by atoms with van der Waals surface area (Å²) in [5.74, 6) is -1.67. The van der Waals surface area contributed by atoms with Gasteiger partial charge >= 0.3 is 12.0 Å². The monoisotopic (exact) mass is 322 g/mol. The van der Waals surface area contributed by atoms with Crippen LogP contribution in [0.1, 0.15) is 12.8 Å². The van der Waals surface area contributed by atoms with Gasteiger partial charge in [0.1, 0.15) is 0 Å². The van der Waals surface area contributed by atoms with E-state index in [9.17, 15) is 14.0 Å². The number of nitrogens with one attached hydrogen (secondary N) is 1. The summed E-state index contributed by atoms with van der Waals surface area (Å²) in [5.41, 5.74) is 0.261. The maximum Gasteiger partial charge on any atom is 0.321 e. The summed E-state index contributed by atoms with van der Waals surface area (Å²) in [5, 5.41) is 10.6. The molecule has 20 heavy (non-hydrogen) atoms. The van der Waals surface area contributed by atoms with Gasteiger partial charge in [0.25, 0.3) is 0 Å². The van der Waals surface area contributed by atoms with Gasteiger partial charge in [-0.25, -0.2) is 9.18 Å². The quantitative estimate of drug-likeness (QED) is 0.815. The SMILES string of the molecule is CN(CCCC(=O)O)C(=O)Nc1cc(Cl)c(F)c(Cl)c1. The molecule has 1 aromatic rings. The highest BCUT2D eigenvalue weighted by molar-refractivity contribution is 6.35. The van der Waals surface area contributed by atoms with E-state index in [4.69, 9.17) is 28.3 Å². The molecule has 1 rings (SSSR count). The van der Waals surface area contributed by atoms with E-state index in [-0.39, 0.29) is 28.7 Å². The lowest BCUT2D eigenvalue weighted by Crippen LogP contribution is -2.32. The van der Waals surface area contributed by atoms with Gasteiger partial charge in [0.15, 0.2) is 5.82 Å². The second-order valence-electron chi connectivity index (χ2n) is 4.10. The molecule has 110 valence electrons. The zero-order valence-corrected chi connectivity index (χ0v) is 12.1. The number of rotatable bonds is 5. The van der Waals surface area contributed by atoms with Crippen LogP contribution < -0.4 is 5.32 Å². The minimum atomic E-state index is -0.920. The van der Waals surface area contributed by atoms with Crippen molar-refractivity contribution in [3.05, 3.63) is 28.0 Å². The Kier molecular flexibility index (Phi) is 6.04. The van der Waals surface area contributed by atoms with Gasteiger partial charge < -0.3 is 15.3 Å². The van der Waals surface area contributed by atoms with E-state index in [2.05, 4.69) is 5.32 Å². The minimum Gasteiger partial charge on any atom is -0.481 e. The van der Waals surface area contributed by atoms with Gasteiger partial charge in [-0.05, 0) is 18.6 Å². The van der Waals surface area contributed by atoms with Crippen LogP contribution in [-0.2, 0) is 4.79 Å². The lowest BCUT2D eigenvalue weighted by atomic mass is 10.3. The average Bonchev–Trinajstić information content (AvgIpc) is 2.35. The van der Waals surface area contributed by atoms with E-state index >= 15 is 0 Å². The van der Waals surface area contributed by atoms with Crippen molar-refractivity contribution in [3.8, 4) is 0 Å². The van der Waals surface area contributed by atoms with Gasteiger partial charge in [-0.2, -0.15) is 0 Å². The molecule has 0 unspecified atom stereocenters. The minimum absolute atomic E-state index is 0.0220. The zero-order chi connectivity index (χ0) is 15.3. The summed E-state index contributed by atoms with van der Waals surface area (Å²) in [6, 6.07) is 2.02. The van der Waals surface area contributed by atoms with E-state index in [0.717, 1.165) is 0 Å². The van der Waals surface area contributed by atoms with Crippen LogP contribution in [0.15, 0.2) is 12.1 Å². The first-order chi connectivity index (χ1) is 9.31. The fraction of sp³-hybridized carbons (Fsp3) is 0.333. The normalized spacial score (nSPS) is 10.2. The number of carbonyl (C=O) groups excluding carboxylic acids is 1. The molecule has 2 amide bonds. The maximum atomic E-state index is 13.2. The molecule has 0 spiro atoms. The van der Waals surface area contributed by atoms with Crippen LogP contribution in [0.3, 0.4) is 0 Å². The van der Waals surface area contributed by atoms with Crippen LogP contribution in [0, 0.1) is 5.82 Å². The first-order valence-corrected chi connectivity index (χ1v) is 6.45. The third-order valence-corrected chi connectivity index (χ3v) is 3.02. The van der Waals surface area contributed by atoms with Crippen molar-refractivity contribution in [2.45, 2.75) is 12.8 Å². The largest absolute Gasteiger partial charge is 0.481 e. The third kappa shape index (κ3) is 4.86. The Morgan fingerprint density at radius 2 is 1.90 bits per heavy atom. The second kappa shape index (κ2) is 7.31. The smallest absolute Gasteiger partial charge is 0.321 e. The molecule has 0 aliphatic carbocycles.